The first-order valence-corrected chi connectivity index (χ1v) is 2.41. The molecule has 0 saturated carbocycles. The Bertz CT molecular complexity index is 148. The summed E-state index contributed by atoms with van der Waals surface area (Å²) < 4.78 is 0. The lowest BCUT2D eigenvalue weighted by Crippen LogP contribution is -1.87. The summed E-state index contributed by atoms with van der Waals surface area (Å²) in [4.78, 5) is 0. The summed E-state index contributed by atoms with van der Waals surface area (Å²) in [5.74, 6) is 0. The van der Waals surface area contributed by atoms with Crippen molar-refractivity contribution in [3.8, 4) is 0 Å². The van der Waals surface area contributed by atoms with Crippen molar-refractivity contribution in [3.05, 3.63) is 30.9 Å². The van der Waals surface area contributed by atoms with E-state index in [2.05, 4.69) is 23.2 Å². The number of nitrogens with zero attached hydrogens (tertiary/aromatic N) is 2. The number of aromatic nitrogens is 2. The zero-order valence-corrected chi connectivity index (χ0v) is 4.46. The Kier molecular flexibility index (Phi) is 1.57. The van der Waals surface area contributed by atoms with Gasteiger partial charge in [-0.2, -0.15) is 10.2 Å². The van der Waals surface area contributed by atoms with Crippen LogP contribution in [0.2, 0.25) is 0 Å². The van der Waals surface area contributed by atoms with Crippen LogP contribution in [0.5, 0.6) is 0 Å². The lowest BCUT2D eigenvalue weighted by Gasteiger charge is -1.86. The topological polar surface area (TPSA) is 25.8 Å². The Morgan fingerprint density at radius 2 is 2.62 bits per heavy atom. The summed E-state index contributed by atoms with van der Waals surface area (Å²) in [6, 6.07) is 4.61. The molecule has 0 N–H and O–H groups in total. The SMILES string of the molecule is [CH2]Cc1[c]ccnn1. The fourth-order valence-electron chi connectivity index (χ4n) is 0.421. The van der Waals surface area contributed by atoms with Crippen LogP contribution in [0.1, 0.15) is 5.69 Å². The Balaban J connectivity index is 2.83. The molecule has 0 unspecified atom stereocenters. The summed E-state index contributed by atoms with van der Waals surface area (Å²) in [5.41, 5.74) is 0.813. The standard InChI is InChI=1S/C6H6N2/c1-2-6-4-3-5-7-8-6/h3,5H,1-2H2. The van der Waals surface area contributed by atoms with Crippen LogP contribution in [0.25, 0.3) is 0 Å². The molecule has 2 heteroatoms. The van der Waals surface area contributed by atoms with Crippen LogP contribution in [0.4, 0.5) is 0 Å². The molecule has 1 heterocycles. The second-order valence-corrected chi connectivity index (χ2v) is 1.37. The van der Waals surface area contributed by atoms with E-state index < -0.39 is 0 Å². The predicted octanol–water partition coefficient (Wildman–Crippen LogP) is 0.653. The lowest BCUT2D eigenvalue weighted by molar-refractivity contribution is 0.944. The van der Waals surface area contributed by atoms with Gasteiger partial charge in [0.05, 0.1) is 11.9 Å². The highest BCUT2D eigenvalue weighted by molar-refractivity contribution is 4.96. The summed E-state index contributed by atoms with van der Waals surface area (Å²) in [6.45, 7) is 3.62. The second-order valence-electron chi connectivity index (χ2n) is 1.37. The summed E-state index contributed by atoms with van der Waals surface area (Å²) >= 11 is 0. The third-order valence-corrected chi connectivity index (χ3v) is 0.806. The first-order valence-electron chi connectivity index (χ1n) is 2.41. The Morgan fingerprint density at radius 1 is 1.75 bits per heavy atom. The molecular formula is C6H6N2. The van der Waals surface area contributed by atoms with E-state index in [1.54, 1.807) is 12.3 Å². The smallest absolute Gasteiger partial charge is 0.0709 e. The van der Waals surface area contributed by atoms with E-state index in [-0.39, 0.29) is 0 Å². The molecule has 8 heavy (non-hydrogen) atoms. The van der Waals surface area contributed by atoms with Gasteiger partial charge in [-0.1, -0.05) is 0 Å². The van der Waals surface area contributed by atoms with Gasteiger partial charge >= 0.3 is 0 Å². The molecule has 0 aromatic carbocycles. The molecule has 0 aliphatic heterocycles. The fourth-order valence-corrected chi connectivity index (χ4v) is 0.421. The van der Waals surface area contributed by atoms with E-state index in [9.17, 15) is 0 Å². The van der Waals surface area contributed by atoms with E-state index in [1.807, 2.05) is 0 Å². The van der Waals surface area contributed by atoms with Crippen LogP contribution < -0.4 is 0 Å². The molecule has 1 aromatic heterocycles. The quantitative estimate of drug-likeness (QED) is 0.525. The minimum absolute atomic E-state index is 0.661. The fraction of sp³-hybridized carbons (Fsp3) is 0.167. The van der Waals surface area contributed by atoms with Crippen LogP contribution >= 0.6 is 0 Å². The maximum Gasteiger partial charge on any atom is 0.0709 e. The van der Waals surface area contributed by atoms with Crippen molar-refractivity contribution in [2.24, 2.45) is 0 Å². The van der Waals surface area contributed by atoms with Crippen molar-refractivity contribution in [2.45, 2.75) is 6.42 Å². The molecule has 0 aliphatic carbocycles. The van der Waals surface area contributed by atoms with Crippen molar-refractivity contribution in [3.63, 3.8) is 0 Å². The average molecular weight is 106 g/mol. The minimum Gasteiger partial charge on any atom is -0.159 e. The lowest BCUT2D eigenvalue weighted by atomic mass is 10.3. The first-order chi connectivity index (χ1) is 3.93. The molecule has 1 rings (SSSR count). The predicted molar refractivity (Wildman–Crippen MR) is 29.9 cm³/mol. The van der Waals surface area contributed by atoms with Crippen LogP contribution in [-0.4, -0.2) is 10.2 Å². The molecular weight excluding hydrogens is 100 g/mol. The second kappa shape index (κ2) is 2.40. The largest absolute Gasteiger partial charge is 0.159 e. The molecule has 0 spiro atoms. The molecule has 0 amide bonds. The van der Waals surface area contributed by atoms with Crippen molar-refractivity contribution in [2.75, 3.05) is 0 Å². The van der Waals surface area contributed by atoms with Gasteiger partial charge in [-0.3, -0.25) is 0 Å². The van der Waals surface area contributed by atoms with Gasteiger partial charge in [-0.25, -0.2) is 0 Å². The van der Waals surface area contributed by atoms with Crippen molar-refractivity contribution < 1.29 is 0 Å². The van der Waals surface area contributed by atoms with E-state index in [0.29, 0.717) is 6.42 Å². The Morgan fingerprint density at radius 3 is 3.00 bits per heavy atom. The van der Waals surface area contributed by atoms with E-state index in [0.717, 1.165) is 5.69 Å². The van der Waals surface area contributed by atoms with Gasteiger partial charge in [0.25, 0.3) is 0 Å². The van der Waals surface area contributed by atoms with E-state index in [4.69, 9.17) is 0 Å². The average Bonchev–Trinajstić information content (AvgIpc) is 1.90. The molecule has 1 aromatic rings. The number of rotatable bonds is 1. The highest BCUT2D eigenvalue weighted by Gasteiger charge is 1.84. The van der Waals surface area contributed by atoms with Gasteiger partial charge in [0, 0.05) is 6.07 Å². The highest BCUT2D eigenvalue weighted by Crippen LogP contribution is 1.87. The maximum absolute atomic E-state index is 3.73. The molecule has 2 nitrogen and oxygen atoms in total. The molecule has 40 valence electrons. The van der Waals surface area contributed by atoms with Gasteiger partial charge in [-0.05, 0) is 19.4 Å². The van der Waals surface area contributed by atoms with E-state index >= 15 is 0 Å². The molecule has 0 saturated heterocycles. The zero-order chi connectivity index (χ0) is 5.82. The number of hydrogen-bond acceptors (Lipinski definition) is 2. The normalized spacial score (nSPS) is 9.12. The van der Waals surface area contributed by atoms with Gasteiger partial charge in [0.1, 0.15) is 0 Å². The number of hydrogen-bond donors (Lipinski definition) is 0. The highest BCUT2D eigenvalue weighted by atomic mass is 15.1. The van der Waals surface area contributed by atoms with Crippen molar-refractivity contribution in [1.29, 1.82) is 0 Å². The third kappa shape index (κ3) is 1.03. The van der Waals surface area contributed by atoms with Crippen LogP contribution in [0, 0.1) is 13.0 Å². The molecule has 0 atom stereocenters. The molecule has 2 radical (unpaired) electrons. The van der Waals surface area contributed by atoms with Crippen molar-refractivity contribution in [1.82, 2.24) is 10.2 Å². The third-order valence-electron chi connectivity index (χ3n) is 0.806. The summed E-state index contributed by atoms with van der Waals surface area (Å²) in [5, 5.41) is 7.36. The molecule has 0 fully saturated rings. The van der Waals surface area contributed by atoms with Crippen LogP contribution in [-0.2, 0) is 6.42 Å². The van der Waals surface area contributed by atoms with Gasteiger partial charge in [0.2, 0.25) is 0 Å². The Hall–Kier alpha value is -0.920. The minimum atomic E-state index is 0.661. The summed E-state index contributed by atoms with van der Waals surface area (Å²) in [7, 11) is 0. The van der Waals surface area contributed by atoms with E-state index in [1.165, 1.54) is 0 Å². The monoisotopic (exact) mass is 106 g/mol. The van der Waals surface area contributed by atoms with Gasteiger partial charge in [-0.15, -0.1) is 0 Å². The maximum atomic E-state index is 3.73. The molecule has 0 bridgehead atoms. The van der Waals surface area contributed by atoms with Gasteiger partial charge in [0.15, 0.2) is 0 Å². The zero-order valence-electron chi connectivity index (χ0n) is 4.46. The van der Waals surface area contributed by atoms with Crippen LogP contribution in [0.3, 0.4) is 0 Å². The molecule has 0 aliphatic rings. The van der Waals surface area contributed by atoms with Crippen molar-refractivity contribution >= 4 is 0 Å². The van der Waals surface area contributed by atoms with Crippen LogP contribution in [0.15, 0.2) is 12.3 Å². The first kappa shape index (κ1) is 5.22. The van der Waals surface area contributed by atoms with Gasteiger partial charge < -0.3 is 0 Å². The Labute approximate surface area is 48.6 Å². The summed E-state index contributed by atoms with van der Waals surface area (Å²) in [6.07, 6.45) is 2.26.